The summed E-state index contributed by atoms with van der Waals surface area (Å²) in [6.45, 7) is 2.58. The predicted octanol–water partition coefficient (Wildman–Crippen LogP) is 0.905. The summed E-state index contributed by atoms with van der Waals surface area (Å²) >= 11 is 0. The van der Waals surface area contributed by atoms with Crippen LogP contribution in [0.3, 0.4) is 0 Å². The molecule has 0 aliphatic carbocycles. The Balaban J connectivity index is 2.75. The number of hydrogen-bond donors (Lipinski definition) is 1. The van der Waals surface area contributed by atoms with Crippen LogP contribution in [0, 0.1) is 0 Å². The number of primary amides is 1. The summed E-state index contributed by atoms with van der Waals surface area (Å²) in [4.78, 5) is 26.9. The van der Waals surface area contributed by atoms with Gasteiger partial charge in [0.1, 0.15) is 0 Å². The molecule has 1 amide bonds. The number of carbonyl (C=O) groups excluding carboxylic acids is 1. The number of aromatic nitrogens is 2. The van der Waals surface area contributed by atoms with E-state index in [1.54, 1.807) is 16.7 Å². The van der Waals surface area contributed by atoms with Crippen molar-refractivity contribution in [3.8, 4) is 0 Å². The first-order valence-electron chi connectivity index (χ1n) is 5.43. The number of amides is 1. The van der Waals surface area contributed by atoms with E-state index in [4.69, 9.17) is 5.73 Å². The average Bonchev–Trinajstić information content (AvgIpc) is 2.32. The van der Waals surface area contributed by atoms with Gasteiger partial charge in [0.25, 0.3) is 5.56 Å². The molecule has 0 saturated carbocycles. The van der Waals surface area contributed by atoms with Gasteiger partial charge in [-0.1, -0.05) is 6.92 Å². The Kier molecular flexibility index (Phi) is 2.91. The SMILES string of the molecule is CCCn1c(=O)ccc2ncc(C(N)=O)cc21. The van der Waals surface area contributed by atoms with Crippen LogP contribution in [0.15, 0.2) is 29.2 Å². The van der Waals surface area contributed by atoms with Crippen molar-refractivity contribution in [2.24, 2.45) is 5.73 Å². The first kappa shape index (κ1) is 11.3. The molecule has 2 aromatic heterocycles. The van der Waals surface area contributed by atoms with Gasteiger partial charge in [-0.05, 0) is 18.6 Å². The lowest BCUT2D eigenvalue weighted by atomic mass is 10.2. The van der Waals surface area contributed by atoms with Crippen LogP contribution in [-0.4, -0.2) is 15.5 Å². The van der Waals surface area contributed by atoms with Gasteiger partial charge in [-0.15, -0.1) is 0 Å². The topological polar surface area (TPSA) is 78.0 Å². The summed E-state index contributed by atoms with van der Waals surface area (Å²) in [5.74, 6) is -0.543. The van der Waals surface area contributed by atoms with Crippen LogP contribution in [0.1, 0.15) is 23.7 Å². The molecule has 0 bridgehead atoms. The molecule has 5 nitrogen and oxygen atoms in total. The fraction of sp³-hybridized carbons (Fsp3) is 0.250. The number of hydrogen-bond acceptors (Lipinski definition) is 3. The molecule has 2 aromatic rings. The summed E-state index contributed by atoms with van der Waals surface area (Å²) in [5, 5.41) is 0. The van der Waals surface area contributed by atoms with Gasteiger partial charge in [-0.2, -0.15) is 0 Å². The predicted molar refractivity (Wildman–Crippen MR) is 64.8 cm³/mol. The van der Waals surface area contributed by atoms with E-state index in [-0.39, 0.29) is 5.56 Å². The highest BCUT2D eigenvalue weighted by Gasteiger charge is 2.07. The minimum atomic E-state index is -0.543. The van der Waals surface area contributed by atoms with E-state index >= 15 is 0 Å². The van der Waals surface area contributed by atoms with Crippen LogP contribution in [0.4, 0.5) is 0 Å². The number of aryl methyl sites for hydroxylation is 1. The van der Waals surface area contributed by atoms with Gasteiger partial charge in [-0.25, -0.2) is 0 Å². The van der Waals surface area contributed by atoms with Gasteiger partial charge >= 0.3 is 0 Å². The first-order valence-corrected chi connectivity index (χ1v) is 5.43. The molecular weight excluding hydrogens is 218 g/mol. The third-order valence-corrected chi connectivity index (χ3v) is 2.57. The molecule has 2 rings (SSSR count). The van der Waals surface area contributed by atoms with E-state index < -0.39 is 5.91 Å². The van der Waals surface area contributed by atoms with E-state index in [0.717, 1.165) is 6.42 Å². The minimum absolute atomic E-state index is 0.0947. The summed E-state index contributed by atoms with van der Waals surface area (Å²) in [6, 6.07) is 4.74. The molecular formula is C12H13N3O2. The Morgan fingerprint density at radius 1 is 1.47 bits per heavy atom. The molecule has 88 valence electrons. The number of nitrogens with two attached hydrogens (primary N) is 1. The van der Waals surface area contributed by atoms with Crippen molar-refractivity contribution in [1.29, 1.82) is 0 Å². The van der Waals surface area contributed by atoms with Crippen molar-refractivity contribution >= 4 is 16.9 Å². The summed E-state index contributed by atoms with van der Waals surface area (Å²) < 4.78 is 1.61. The molecule has 0 radical (unpaired) electrons. The molecule has 5 heteroatoms. The Bertz CT molecular complexity index is 631. The van der Waals surface area contributed by atoms with Crippen molar-refractivity contribution in [3.63, 3.8) is 0 Å². The average molecular weight is 231 g/mol. The Morgan fingerprint density at radius 2 is 2.24 bits per heavy atom. The normalized spacial score (nSPS) is 10.6. The van der Waals surface area contributed by atoms with Crippen molar-refractivity contribution in [3.05, 3.63) is 40.3 Å². The van der Waals surface area contributed by atoms with Crippen LogP contribution >= 0.6 is 0 Å². The standard InChI is InChI=1S/C12H13N3O2/c1-2-5-15-10-6-8(12(13)17)7-14-9(10)3-4-11(15)16/h3-4,6-7H,2,5H2,1H3,(H2,13,17). The fourth-order valence-corrected chi connectivity index (χ4v) is 1.76. The molecule has 0 aromatic carbocycles. The molecule has 0 spiro atoms. The highest BCUT2D eigenvalue weighted by Crippen LogP contribution is 2.11. The first-order chi connectivity index (χ1) is 8.13. The van der Waals surface area contributed by atoms with Crippen molar-refractivity contribution < 1.29 is 4.79 Å². The van der Waals surface area contributed by atoms with E-state index in [2.05, 4.69) is 4.98 Å². The molecule has 2 heterocycles. The third kappa shape index (κ3) is 2.04. The Hall–Kier alpha value is -2.17. The van der Waals surface area contributed by atoms with E-state index in [9.17, 15) is 9.59 Å². The smallest absolute Gasteiger partial charge is 0.251 e. The van der Waals surface area contributed by atoms with E-state index in [0.29, 0.717) is 23.1 Å². The summed E-state index contributed by atoms with van der Waals surface area (Å²) in [6.07, 6.45) is 2.26. The van der Waals surface area contributed by atoms with Crippen LogP contribution in [0.25, 0.3) is 11.0 Å². The second-order valence-electron chi connectivity index (χ2n) is 3.82. The van der Waals surface area contributed by atoms with Gasteiger partial charge in [0.2, 0.25) is 5.91 Å². The Morgan fingerprint density at radius 3 is 2.88 bits per heavy atom. The number of pyridine rings is 2. The van der Waals surface area contributed by atoms with Crippen molar-refractivity contribution in [2.75, 3.05) is 0 Å². The summed E-state index contributed by atoms with van der Waals surface area (Å²) in [5.41, 5.74) is 6.75. The number of fused-ring (bicyclic) bond motifs is 1. The molecule has 0 fully saturated rings. The van der Waals surface area contributed by atoms with Crippen LogP contribution in [0.5, 0.6) is 0 Å². The second-order valence-corrected chi connectivity index (χ2v) is 3.82. The highest BCUT2D eigenvalue weighted by atomic mass is 16.1. The molecule has 17 heavy (non-hydrogen) atoms. The zero-order chi connectivity index (χ0) is 12.4. The molecule has 0 unspecified atom stereocenters. The zero-order valence-electron chi connectivity index (χ0n) is 9.51. The lowest BCUT2D eigenvalue weighted by Gasteiger charge is -2.08. The van der Waals surface area contributed by atoms with Crippen LogP contribution in [-0.2, 0) is 6.54 Å². The fourth-order valence-electron chi connectivity index (χ4n) is 1.76. The Labute approximate surface area is 97.9 Å². The lowest BCUT2D eigenvalue weighted by Crippen LogP contribution is -2.20. The van der Waals surface area contributed by atoms with Crippen molar-refractivity contribution in [2.45, 2.75) is 19.9 Å². The lowest BCUT2D eigenvalue weighted by molar-refractivity contribution is 0.1000. The number of carbonyl (C=O) groups is 1. The summed E-state index contributed by atoms with van der Waals surface area (Å²) in [7, 11) is 0. The maximum absolute atomic E-state index is 11.7. The quantitative estimate of drug-likeness (QED) is 0.852. The molecule has 0 aliphatic rings. The van der Waals surface area contributed by atoms with Gasteiger partial charge < -0.3 is 10.3 Å². The van der Waals surface area contributed by atoms with E-state index in [1.165, 1.54) is 12.3 Å². The molecule has 0 saturated heterocycles. The van der Waals surface area contributed by atoms with Gasteiger partial charge in [-0.3, -0.25) is 14.6 Å². The van der Waals surface area contributed by atoms with Gasteiger partial charge in [0.15, 0.2) is 0 Å². The molecule has 0 aliphatic heterocycles. The highest BCUT2D eigenvalue weighted by molar-refractivity contribution is 5.95. The minimum Gasteiger partial charge on any atom is -0.366 e. The maximum Gasteiger partial charge on any atom is 0.251 e. The monoisotopic (exact) mass is 231 g/mol. The largest absolute Gasteiger partial charge is 0.366 e. The molecule has 2 N–H and O–H groups in total. The van der Waals surface area contributed by atoms with Crippen LogP contribution in [0.2, 0.25) is 0 Å². The van der Waals surface area contributed by atoms with Crippen LogP contribution < -0.4 is 11.3 Å². The van der Waals surface area contributed by atoms with Crippen molar-refractivity contribution in [1.82, 2.24) is 9.55 Å². The van der Waals surface area contributed by atoms with Gasteiger partial charge in [0, 0.05) is 18.8 Å². The second kappa shape index (κ2) is 4.37. The number of rotatable bonds is 3. The third-order valence-electron chi connectivity index (χ3n) is 2.57. The van der Waals surface area contributed by atoms with E-state index in [1.807, 2.05) is 6.92 Å². The number of nitrogens with zero attached hydrogens (tertiary/aromatic N) is 2. The van der Waals surface area contributed by atoms with Gasteiger partial charge in [0.05, 0.1) is 16.6 Å². The molecule has 0 atom stereocenters. The maximum atomic E-state index is 11.7. The zero-order valence-corrected chi connectivity index (χ0v) is 9.51.